The van der Waals surface area contributed by atoms with E-state index in [-0.39, 0.29) is 0 Å². The van der Waals surface area contributed by atoms with E-state index in [4.69, 9.17) is 9.47 Å². The number of aromatic nitrogens is 3. The summed E-state index contributed by atoms with van der Waals surface area (Å²) in [5, 5.41) is 5.10. The van der Waals surface area contributed by atoms with Gasteiger partial charge in [-0.3, -0.25) is 4.90 Å². The number of rotatable bonds is 7. The number of thiazole rings is 1. The number of hydrogen-bond acceptors (Lipinski definition) is 8. The third-order valence-corrected chi connectivity index (χ3v) is 5.59. The molecule has 0 spiro atoms. The number of nitrogens with zero attached hydrogens (tertiary/aromatic N) is 4. The lowest BCUT2D eigenvalue weighted by Gasteiger charge is -2.26. The van der Waals surface area contributed by atoms with E-state index in [0.29, 0.717) is 6.61 Å². The van der Waals surface area contributed by atoms with E-state index in [2.05, 4.69) is 38.2 Å². The van der Waals surface area contributed by atoms with Crippen molar-refractivity contribution in [3.63, 3.8) is 0 Å². The summed E-state index contributed by atoms with van der Waals surface area (Å²) in [5.74, 6) is 1.64. The normalized spacial score (nSPS) is 15.1. The third-order valence-electron chi connectivity index (χ3n) is 4.76. The molecule has 2 aromatic heterocycles. The van der Waals surface area contributed by atoms with Crippen molar-refractivity contribution in [3.8, 4) is 5.75 Å². The van der Waals surface area contributed by atoms with Gasteiger partial charge < -0.3 is 14.8 Å². The summed E-state index contributed by atoms with van der Waals surface area (Å²) in [6.45, 7) is 9.52. The predicted molar refractivity (Wildman–Crippen MR) is 112 cm³/mol. The number of anilines is 2. The fourth-order valence-electron chi connectivity index (χ4n) is 3.26. The Labute approximate surface area is 168 Å². The SMILES string of the molecule is Cc1cnc(Nc2ncnc3cc(OCCCN4CCOCC4)c(C)cc23)s1. The van der Waals surface area contributed by atoms with Crippen LogP contribution >= 0.6 is 11.3 Å². The number of fused-ring (bicyclic) bond motifs is 1. The molecule has 148 valence electrons. The number of morpholine rings is 1. The minimum atomic E-state index is 0.693. The Morgan fingerprint density at radius 2 is 2.04 bits per heavy atom. The molecule has 1 aliphatic heterocycles. The highest BCUT2D eigenvalue weighted by molar-refractivity contribution is 7.15. The first kappa shape index (κ1) is 19.0. The summed E-state index contributed by atoms with van der Waals surface area (Å²) < 4.78 is 11.4. The maximum Gasteiger partial charge on any atom is 0.188 e. The van der Waals surface area contributed by atoms with Crippen LogP contribution in [0.25, 0.3) is 10.9 Å². The molecule has 1 fully saturated rings. The van der Waals surface area contributed by atoms with Crippen molar-refractivity contribution in [3.05, 3.63) is 35.1 Å². The third kappa shape index (κ3) is 4.57. The summed E-state index contributed by atoms with van der Waals surface area (Å²) >= 11 is 1.60. The largest absolute Gasteiger partial charge is 0.493 e. The number of ether oxygens (including phenoxy) is 2. The van der Waals surface area contributed by atoms with Gasteiger partial charge in [-0.2, -0.15) is 0 Å². The highest BCUT2D eigenvalue weighted by Crippen LogP contribution is 2.30. The molecule has 0 saturated carbocycles. The Kier molecular flexibility index (Phi) is 5.99. The van der Waals surface area contributed by atoms with Crippen LogP contribution in [0.1, 0.15) is 16.9 Å². The van der Waals surface area contributed by atoms with Gasteiger partial charge in [-0.25, -0.2) is 15.0 Å². The van der Waals surface area contributed by atoms with Gasteiger partial charge in [-0.15, -0.1) is 11.3 Å². The first-order valence-corrected chi connectivity index (χ1v) is 10.4. The van der Waals surface area contributed by atoms with E-state index in [1.165, 1.54) is 0 Å². The second-order valence-corrected chi connectivity index (χ2v) is 8.15. The maximum atomic E-state index is 6.05. The van der Waals surface area contributed by atoms with E-state index in [9.17, 15) is 0 Å². The average molecular weight is 400 g/mol. The molecule has 7 nitrogen and oxygen atoms in total. The Morgan fingerprint density at radius 3 is 2.82 bits per heavy atom. The van der Waals surface area contributed by atoms with Crippen molar-refractivity contribution in [2.45, 2.75) is 20.3 Å². The average Bonchev–Trinajstić information content (AvgIpc) is 3.11. The molecule has 0 aliphatic carbocycles. The maximum absolute atomic E-state index is 6.05. The highest BCUT2D eigenvalue weighted by atomic mass is 32.1. The quantitative estimate of drug-likeness (QED) is 0.609. The number of aryl methyl sites for hydroxylation is 2. The predicted octanol–water partition coefficient (Wildman–Crippen LogP) is 3.55. The van der Waals surface area contributed by atoms with E-state index >= 15 is 0 Å². The molecule has 4 rings (SSSR count). The lowest BCUT2D eigenvalue weighted by Crippen LogP contribution is -2.37. The number of nitrogens with one attached hydrogen (secondary N) is 1. The lowest BCUT2D eigenvalue weighted by molar-refractivity contribution is 0.0358. The highest BCUT2D eigenvalue weighted by Gasteiger charge is 2.12. The molecular weight excluding hydrogens is 374 g/mol. The Hall–Kier alpha value is -2.29. The second kappa shape index (κ2) is 8.81. The molecule has 0 amide bonds. The minimum absolute atomic E-state index is 0.693. The van der Waals surface area contributed by atoms with E-state index in [1.54, 1.807) is 17.7 Å². The molecule has 0 bridgehead atoms. The first-order chi connectivity index (χ1) is 13.7. The number of benzene rings is 1. The standard InChI is InChI=1S/C20H25N5O2S/c1-14-10-16-17(22-13-23-19(16)24-20-21-12-15(2)28-20)11-18(14)27-7-3-4-25-5-8-26-9-6-25/h10-13H,3-9H2,1-2H3,(H,21,22,23,24). The van der Waals surface area contributed by atoms with Crippen LogP contribution in [-0.2, 0) is 4.74 Å². The zero-order chi connectivity index (χ0) is 19.3. The minimum Gasteiger partial charge on any atom is -0.493 e. The molecule has 28 heavy (non-hydrogen) atoms. The summed E-state index contributed by atoms with van der Waals surface area (Å²) in [6.07, 6.45) is 4.42. The van der Waals surface area contributed by atoms with E-state index < -0.39 is 0 Å². The molecule has 1 aliphatic rings. The van der Waals surface area contributed by atoms with Crippen LogP contribution in [0, 0.1) is 13.8 Å². The molecule has 0 unspecified atom stereocenters. The molecule has 8 heteroatoms. The zero-order valence-electron chi connectivity index (χ0n) is 16.3. The van der Waals surface area contributed by atoms with Crippen LogP contribution < -0.4 is 10.1 Å². The Morgan fingerprint density at radius 1 is 1.18 bits per heavy atom. The van der Waals surface area contributed by atoms with Gasteiger partial charge in [0.2, 0.25) is 0 Å². The van der Waals surface area contributed by atoms with Crippen LogP contribution in [0.2, 0.25) is 0 Å². The van der Waals surface area contributed by atoms with Gasteiger partial charge in [0.25, 0.3) is 0 Å². The van der Waals surface area contributed by atoms with Crippen LogP contribution in [0.3, 0.4) is 0 Å². The molecule has 1 saturated heterocycles. The summed E-state index contributed by atoms with van der Waals surface area (Å²) in [7, 11) is 0. The van der Waals surface area contributed by atoms with Crippen molar-refractivity contribution >= 4 is 33.2 Å². The fourth-order valence-corrected chi connectivity index (χ4v) is 3.92. The molecule has 0 atom stereocenters. The van der Waals surface area contributed by atoms with Crippen molar-refractivity contribution in [1.82, 2.24) is 19.9 Å². The van der Waals surface area contributed by atoms with Gasteiger partial charge in [0.1, 0.15) is 17.9 Å². The molecule has 3 heterocycles. The van der Waals surface area contributed by atoms with Crippen LogP contribution in [-0.4, -0.2) is 59.3 Å². The van der Waals surface area contributed by atoms with Crippen molar-refractivity contribution < 1.29 is 9.47 Å². The second-order valence-electron chi connectivity index (χ2n) is 6.91. The van der Waals surface area contributed by atoms with Gasteiger partial charge in [-0.05, 0) is 31.9 Å². The molecule has 1 N–H and O–H groups in total. The Balaban J connectivity index is 1.42. The van der Waals surface area contributed by atoms with Crippen LogP contribution in [0.4, 0.5) is 10.9 Å². The van der Waals surface area contributed by atoms with Gasteiger partial charge >= 0.3 is 0 Å². The Bertz CT molecular complexity index is 939. The molecule has 3 aromatic rings. The summed E-state index contributed by atoms with van der Waals surface area (Å²) in [4.78, 5) is 16.8. The lowest BCUT2D eigenvalue weighted by atomic mass is 10.1. The van der Waals surface area contributed by atoms with Crippen LogP contribution in [0.5, 0.6) is 5.75 Å². The van der Waals surface area contributed by atoms with Gasteiger partial charge in [-0.1, -0.05) is 0 Å². The van der Waals surface area contributed by atoms with Crippen molar-refractivity contribution in [1.29, 1.82) is 0 Å². The van der Waals surface area contributed by atoms with Crippen LogP contribution in [0.15, 0.2) is 24.7 Å². The van der Waals surface area contributed by atoms with Crippen molar-refractivity contribution in [2.75, 3.05) is 44.8 Å². The van der Waals surface area contributed by atoms with E-state index in [0.717, 1.165) is 77.3 Å². The zero-order valence-corrected chi connectivity index (χ0v) is 17.1. The smallest absolute Gasteiger partial charge is 0.188 e. The van der Waals surface area contributed by atoms with Gasteiger partial charge in [0.15, 0.2) is 5.13 Å². The van der Waals surface area contributed by atoms with Crippen molar-refractivity contribution in [2.24, 2.45) is 0 Å². The first-order valence-electron chi connectivity index (χ1n) is 9.57. The monoisotopic (exact) mass is 399 g/mol. The number of hydrogen-bond donors (Lipinski definition) is 1. The van der Waals surface area contributed by atoms with E-state index in [1.807, 2.05) is 19.2 Å². The summed E-state index contributed by atoms with van der Waals surface area (Å²) in [5.41, 5.74) is 1.94. The molecule has 0 radical (unpaired) electrons. The van der Waals surface area contributed by atoms with Gasteiger partial charge in [0.05, 0.1) is 25.3 Å². The fraction of sp³-hybridized carbons (Fsp3) is 0.450. The molecule has 1 aromatic carbocycles. The topological polar surface area (TPSA) is 72.4 Å². The summed E-state index contributed by atoms with van der Waals surface area (Å²) in [6, 6.07) is 4.08. The van der Waals surface area contributed by atoms with Gasteiger partial charge in [0, 0.05) is 42.2 Å². The molecular formula is C20H25N5O2S.